The number of hydrogen-bond acceptors (Lipinski definition) is 2. The van der Waals surface area contributed by atoms with Crippen molar-refractivity contribution in [2.45, 2.75) is 20.8 Å². The average molecular weight is 318 g/mol. The molecule has 0 radical (unpaired) electrons. The van der Waals surface area contributed by atoms with Crippen molar-refractivity contribution < 1.29 is 14.0 Å². The van der Waals surface area contributed by atoms with Crippen molar-refractivity contribution in [2.24, 2.45) is 7.05 Å². The minimum Gasteiger partial charge on any atom is -0.449 e. The lowest BCUT2D eigenvalue weighted by Crippen LogP contribution is -2.31. The summed E-state index contributed by atoms with van der Waals surface area (Å²) in [5.74, 6) is 3.05. The van der Waals surface area contributed by atoms with Gasteiger partial charge in [0, 0.05) is 11.6 Å². The second-order valence-electron chi connectivity index (χ2n) is 6.37. The van der Waals surface area contributed by atoms with Crippen LogP contribution in [0.3, 0.4) is 0 Å². The van der Waals surface area contributed by atoms with Gasteiger partial charge in [-0.15, -0.1) is 0 Å². The molecule has 0 atom stereocenters. The van der Waals surface area contributed by atoms with Crippen molar-refractivity contribution in [3.8, 4) is 34.3 Å². The Balaban J connectivity index is 1.94. The molecule has 0 saturated carbocycles. The Bertz CT molecular complexity index is 960. The predicted molar refractivity (Wildman–Crippen MR) is 93.9 cm³/mol. The van der Waals surface area contributed by atoms with E-state index in [1.165, 1.54) is 11.1 Å². The van der Waals surface area contributed by atoms with Gasteiger partial charge in [-0.25, -0.2) is 4.57 Å². The number of aromatic nitrogens is 1. The molecule has 0 saturated heterocycles. The largest absolute Gasteiger partial charge is 0.449 e. The van der Waals surface area contributed by atoms with Gasteiger partial charge in [-0.05, 0) is 50.1 Å². The number of para-hydroxylation sites is 2. The van der Waals surface area contributed by atoms with Crippen molar-refractivity contribution in [1.82, 2.24) is 0 Å². The van der Waals surface area contributed by atoms with Crippen LogP contribution in [0.5, 0.6) is 23.0 Å². The fourth-order valence-corrected chi connectivity index (χ4v) is 3.14. The van der Waals surface area contributed by atoms with Gasteiger partial charge in [0.25, 0.3) is 0 Å². The predicted octanol–water partition coefficient (Wildman–Crippen LogP) is 5.00. The zero-order valence-electron chi connectivity index (χ0n) is 14.4. The fraction of sp³-hybridized carbons (Fsp3) is 0.190. The van der Waals surface area contributed by atoms with E-state index in [1.54, 1.807) is 0 Å². The summed E-state index contributed by atoms with van der Waals surface area (Å²) in [4.78, 5) is 0. The monoisotopic (exact) mass is 318 g/mol. The summed E-state index contributed by atoms with van der Waals surface area (Å²) >= 11 is 0. The van der Waals surface area contributed by atoms with Crippen LogP contribution in [0, 0.1) is 20.8 Å². The van der Waals surface area contributed by atoms with E-state index in [4.69, 9.17) is 9.47 Å². The zero-order chi connectivity index (χ0) is 16.8. The standard InChI is InChI=1S/C21H20NO2/c1-13-9-10-19-21(24-18-8-6-5-7-17(18)23-19)20(13)16-11-14(2)15(3)12-22(16)4/h5-12H,1-4H3/q+1. The summed E-state index contributed by atoms with van der Waals surface area (Å²) in [5, 5.41) is 0. The van der Waals surface area contributed by atoms with Gasteiger partial charge in [-0.1, -0.05) is 18.2 Å². The molecule has 0 bridgehead atoms. The van der Waals surface area contributed by atoms with E-state index in [-0.39, 0.29) is 0 Å². The molecule has 3 aromatic rings. The summed E-state index contributed by atoms with van der Waals surface area (Å²) in [6.45, 7) is 6.37. The summed E-state index contributed by atoms with van der Waals surface area (Å²) in [5.41, 5.74) is 5.89. The van der Waals surface area contributed by atoms with E-state index in [9.17, 15) is 0 Å². The average Bonchev–Trinajstić information content (AvgIpc) is 2.57. The number of rotatable bonds is 1. The first-order chi connectivity index (χ1) is 11.5. The smallest absolute Gasteiger partial charge is 0.216 e. The van der Waals surface area contributed by atoms with Crippen LogP contribution in [-0.2, 0) is 7.05 Å². The van der Waals surface area contributed by atoms with Gasteiger partial charge >= 0.3 is 0 Å². The van der Waals surface area contributed by atoms with Crippen molar-refractivity contribution in [1.29, 1.82) is 0 Å². The SMILES string of the molecule is Cc1cc(-c2c(C)ccc3c2Oc2ccccc2O3)[n+](C)cc1C. The van der Waals surface area contributed by atoms with Crippen LogP contribution >= 0.6 is 0 Å². The summed E-state index contributed by atoms with van der Waals surface area (Å²) < 4.78 is 14.4. The molecule has 1 aliphatic heterocycles. The highest BCUT2D eigenvalue weighted by Gasteiger charge is 2.27. The Morgan fingerprint density at radius 3 is 2.21 bits per heavy atom. The molecule has 0 N–H and O–H groups in total. The lowest BCUT2D eigenvalue weighted by molar-refractivity contribution is -0.660. The first kappa shape index (κ1) is 14.8. The molecule has 4 rings (SSSR count). The van der Waals surface area contributed by atoms with E-state index >= 15 is 0 Å². The minimum absolute atomic E-state index is 0.753. The Kier molecular flexibility index (Phi) is 3.31. The maximum Gasteiger partial charge on any atom is 0.216 e. The molecular weight excluding hydrogens is 298 g/mol. The lowest BCUT2D eigenvalue weighted by atomic mass is 10.00. The lowest BCUT2D eigenvalue weighted by Gasteiger charge is -2.23. The van der Waals surface area contributed by atoms with Crippen LogP contribution in [0.2, 0.25) is 0 Å². The second-order valence-corrected chi connectivity index (χ2v) is 6.37. The van der Waals surface area contributed by atoms with E-state index in [1.807, 2.05) is 30.3 Å². The highest BCUT2D eigenvalue weighted by Crippen LogP contribution is 2.50. The third kappa shape index (κ3) is 2.24. The number of fused-ring (bicyclic) bond motifs is 2. The first-order valence-electron chi connectivity index (χ1n) is 8.10. The molecular formula is C21H20NO2+. The Morgan fingerprint density at radius 1 is 0.750 bits per heavy atom. The molecule has 0 spiro atoms. The summed E-state index contributed by atoms with van der Waals surface area (Å²) in [6, 6.07) is 14.0. The van der Waals surface area contributed by atoms with Gasteiger partial charge in [0.1, 0.15) is 7.05 Å². The van der Waals surface area contributed by atoms with Crippen molar-refractivity contribution >= 4 is 0 Å². The Morgan fingerprint density at radius 2 is 1.46 bits per heavy atom. The van der Waals surface area contributed by atoms with Gasteiger partial charge < -0.3 is 9.47 Å². The zero-order valence-corrected chi connectivity index (χ0v) is 14.4. The summed E-state index contributed by atoms with van der Waals surface area (Å²) in [7, 11) is 2.07. The Labute approximate surface area is 142 Å². The third-order valence-electron chi connectivity index (χ3n) is 4.61. The van der Waals surface area contributed by atoms with E-state index < -0.39 is 0 Å². The number of nitrogens with zero attached hydrogens (tertiary/aromatic N) is 1. The highest BCUT2D eigenvalue weighted by molar-refractivity contribution is 5.75. The van der Waals surface area contributed by atoms with Gasteiger partial charge in [0.2, 0.25) is 5.69 Å². The molecule has 0 aliphatic carbocycles. The van der Waals surface area contributed by atoms with E-state index in [0.29, 0.717) is 0 Å². The topological polar surface area (TPSA) is 22.3 Å². The normalized spacial score (nSPS) is 12.0. The van der Waals surface area contributed by atoms with E-state index in [0.717, 1.165) is 39.8 Å². The van der Waals surface area contributed by atoms with Gasteiger partial charge in [-0.2, -0.15) is 0 Å². The number of hydrogen-bond donors (Lipinski definition) is 0. The van der Waals surface area contributed by atoms with Crippen LogP contribution in [0.15, 0.2) is 48.7 Å². The maximum absolute atomic E-state index is 6.23. The number of pyridine rings is 1. The quantitative estimate of drug-likeness (QED) is 0.461. The molecule has 2 heterocycles. The van der Waals surface area contributed by atoms with Crippen LogP contribution in [0.1, 0.15) is 16.7 Å². The Hall–Kier alpha value is -2.81. The van der Waals surface area contributed by atoms with Crippen LogP contribution in [0.4, 0.5) is 0 Å². The third-order valence-corrected chi connectivity index (χ3v) is 4.61. The fourth-order valence-electron chi connectivity index (χ4n) is 3.14. The number of benzene rings is 2. The number of ether oxygens (including phenoxy) is 2. The molecule has 3 heteroatoms. The molecule has 1 aromatic heterocycles. The van der Waals surface area contributed by atoms with Gasteiger partial charge in [0.05, 0.1) is 5.56 Å². The van der Waals surface area contributed by atoms with Gasteiger partial charge in [0.15, 0.2) is 29.2 Å². The van der Waals surface area contributed by atoms with Gasteiger partial charge in [-0.3, -0.25) is 0 Å². The van der Waals surface area contributed by atoms with E-state index in [2.05, 4.69) is 50.7 Å². The van der Waals surface area contributed by atoms with Crippen LogP contribution < -0.4 is 14.0 Å². The minimum atomic E-state index is 0.753. The molecule has 0 fully saturated rings. The first-order valence-corrected chi connectivity index (χ1v) is 8.10. The molecule has 24 heavy (non-hydrogen) atoms. The van der Waals surface area contributed by atoms with Crippen LogP contribution in [-0.4, -0.2) is 0 Å². The van der Waals surface area contributed by atoms with Crippen molar-refractivity contribution in [3.05, 3.63) is 65.4 Å². The molecule has 0 amide bonds. The number of aryl methyl sites for hydroxylation is 4. The van der Waals surface area contributed by atoms with Crippen LogP contribution in [0.25, 0.3) is 11.3 Å². The maximum atomic E-state index is 6.23. The van der Waals surface area contributed by atoms with Crippen molar-refractivity contribution in [3.63, 3.8) is 0 Å². The molecule has 120 valence electrons. The molecule has 1 aliphatic rings. The van der Waals surface area contributed by atoms with Crippen molar-refractivity contribution in [2.75, 3.05) is 0 Å². The highest BCUT2D eigenvalue weighted by atomic mass is 16.6. The molecule has 0 unspecified atom stereocenters. The summed E-state index contributed by atoms with van der Waals surface area (Å²) in [6.07, 6.45) is 2.15. The molecule has 2 aromatic carbocycles. The molecule has 3 nitrogen and oxygen atoms in total. The second kappa shape index (κ2) is 5.38.